The summed E-state index contributed by atoms with van der Waals surface area (Å²) in [6.45, 7) is 3.03. The van der Waals surface area contributed by atoms with Gasteiger partial charge in [0.2, 0.25) is 0 Å². The number of aryl methyl sites for hydroxylation is 1. The SMILES string of the molecule is Cc1ccc(N)c(N(CCCO)C2CCC2)n1. The van der Waals surface area contributed by atoms with E-state index in [1.165, 1.54) is 19.3 Å². The van der Waals surface area contributed by atoms with Crippen molar-refractivity contribution in [1.82, 2.24) is 4.98 Å². The molecule has 4 nitrogen and oxygen atoms in total. The molecule has 1 aromatic rings. The highest BCUT2D eigenvalue weighted by molar-refractivity contribution is 5.63. The molecule has 2 rings (SSSR count). The maximum Gasteiger partial charge on any atom is 0.152 e. The summed E-state index contributed by atoms with van der Waals surface area (Å²) < 4.78 is 0. The van der Waals surface area contributed by atoms with Gasteiger partial charge in [0.1, 0.15) is 0 Å². The Kier molecular flexibility index (Phi) is 3.84. The van der Waals surface area contributed by atoms with E-state index in [0.29, 0.717) is 6.04 Å². The van der Waals surface area contributed by atoms with Gasteiger partial charge in [0.15, 0.2) is 5.82 Å². The first-order valence-corrected chi connectivity index (χ1v) is 6.33. The maximum absolute atomic E-state index is 8.98. The van der Waals surface area contributed by atoms with Gasteiger partial charge in [-0.1, -0.05) is 0 Å². The van der Waals surface area contributed by atoms with Gasteiger partial charge in [-0.05, 0) is 44.7 Å². The monoisotopic (exact) mass is 235 g/mol. The zero-order chi connectivity index (χ0) is 12.3. The number of rotatable bonds is 5. The van der Waals surface area contributed by atoms with Crippen molar-refractivity contribution in [2.24, 2.45) is 0 Å². The maximum atomic E-state index is 8.98. The van der Waals surface area contributed by atoms with E-state index in [-0.39, 0.29) is 6.61 Å². The van der Waals surface area contributed by atoms with E-state index in [1.807, 2.05) is 19.1 Å². The van der Waals surface area contributed by atoms with Crippen LogP contribution in [0.25, 0.3) is 0 Å². The van der Waals surface area contributed by atoms with Gasteiger partial charge in [0, 0.05) is 24.9 Å². The Balaban J connectivity index is 2.20. The van der Waals surface area contributed by atoms with E-state index in [1.54, 1.807) is 0 Å². The highest BCUT2D eigenvalue weighted by Crippen LogP contribution is 2.31. The second-order valence-electron chi connectivity index (χ2n) is 4.72. The van der Waals surface area contributed by atoms with Crippen LogP contribution in [0.2, 0.25) is 0 Å². The molecular formula is C13H21N3O. The Morgan fingerprint density at radius 1 is 1.47 bits per heavy atom. The smallest absolute Gasteiger partial charge is 0.152 e. The molecule has 4 heteroatoms. The average molecular weight is 235 g/mol. The summed E-state index contributed by atoms with van der Waals surface area (Å²) in [5.74, 6) is 0.892. The summed E-state index contributed by atoms with van der Waals surface area (Å²) in [6.07, 6.45) is 4.47. The van der Waals surface area contributed by atoms with Crippen molar-refractivity contribution in [1.29, 1.82) is 0 Å². The predicted molar refractivity (Wildman–Crippen MR) is 70.1 cm³/mol. The number of aromatic nitrogens is 1. The standard InChI is InChI=1S/C13H21N3O/c1-10-6-7-12(14)13(15-10)16(8-3-9-17)11-4-2-5-11/h6-7,11,17H,2-5,8-9,14H2,1H3. The highest BCUT2D eigenvalue weighted by atomic mass is 16.3. The number of pyridine rings is 1. The second kappa shape index (κ2) is 5.36. The van der Waals surface area contributed by atoms with Crippen molar-refractivity contribution in [3.63, 3.8) is 0 Å². The topological polar surface area (TPSA) is 62.4 Å². The molecule has 0 atom stereocenters. The first kappa shape index (κ1) is 12.2. The number of anilines is 2. The summed E-state index contributed by atoms with van der Waals surface area (Å²) in [6, 6.07) is 4.41. The van der Waals surface area contributed by atoms with Gasteiger partial charge < -0.3 is 15.7 Å². The van der Waals surface area contributed by atoms with Gasteiger partial charge in [0.05, 0.1) is 5.69 Å². The highest BCUT2D eigenvalue weighted by Gasteiger charge is 2.26. The third kappa shape index (κ3) is 2.69. The number of hydrogen-bond acceptors (Lipinski definition) is 4. The third-order valence-corrected chi connectivity index (χ3v) is 3.39. The number of aliphatic hydroxyl groups is 1. The van der Waals surface area contributed by atoms with Crippen LogP contribution in [0.5, 0.6) is 0 Å². The molecule has 0 aromatic carbocycles. The van der Waals surface area contributed by atoms with Crippen molar-refractivity contribution in [3.8, 4) is 0 Å². The van der Waals surface area contributed by atoms with Gasteiger partial charge in [-0.3, -0.25) is 0 Å². The van der Waals surface area contributed by atoms with Crippen LogP contribution in [-0.4, -0.2) is 29.3 Å². The summed E-state index contributed by atoms with van der Waals surface area (Å²) in [5.41, 5.74) is 7.74. The van der Waals surface area contributed by atoms with Crippen LogP contribution in [0, 0.1) is 6.92 Å². The molecule has 1 saturated carbocycles. The van der Waals surface area contributed by atoms with Crippen LogP contribution < -0.4 is 10.6 Å². The predicted octanol–water partition coefficient (Wildman–Crippen LogP) is 1.71. The van der Waals surface area contributed by atoms with Gasteiger partial charge in [0.25, 0.3) is 0 Å². The Morgan fingerprint density at radius 2 is 2.24 bits per heavy atom. The molecule has 17 heavy (non-hydrogen) atoms. The number of hydrogen-bond donors (Lipinski definition) is 2. The van der Waals surface area contributed by atoms with Crippen molar-refractivity contribution in [2.45, 2.75) is 38.6 Å². The van der Waals surface area contributed by atoms with Crippen molar-refractivity contribution in [2.75, 3.05) is 23.8 Å². The summed E-state index contributed by atoms with van der Waals surface area (Å²) in [5, 5.41) is 8.98. The van der Waals surface area contributed by atoms with Crippen LogP contribution >= 0.6 is 0 Å². The van der Waals surface area contributed by atoms with Gasteiger partial charge in [-0.2, -0.15) is 0 Å². The lowest BCUT2D eigenvalue weighted by Gasteiger charge is -2.39. The van der Waals surface area contributed by atoms with Crippen molar-refractivity contribution in [3.05, 3.63) is 17.8 Å². The summed E-state index contributed by atoms with van der Waals surface area (Å²) in [4.78, 5) is 6.81. The lowest BCUT2D eigenvalue weighted by atomic mass is 9.91. The van der Waals surface area contributed by atoms with E-state index >= 15 is 0 Å². The zero-order valence-electron chi connectivity index (χ0n) is 10.4. The van der Waals surface area contributed by atoms with Crippen LogP contribution in [0.4, 0.5) is 11.5 Å². The van der Waals surface area contributed by atoms with Gasteiger partial charge >= 0.3 is 0 Å². The van der Waals surface area contributed by atoms with E-state index in [4.69, 9.17) is 10.8 Å². The van der Waals surface area contributed by atoms with E-state index < -0.39 is 0 Å². The molecule has 0 saturated heterocycles. The summed E-state index contributed by atoms with van der Waals surface area (Å²) >= 11 is 0. The molecule has 0 amide bonds. The number of nitrogens with two attached hydrogens (primary N) is 1. The molecule has 0 bridgehead atoms. The van der Waals surface area contributed by atoms with Crippen LogP contribution in [0.3, 0.4) is 0 Å². The Hall–Kier alpha value is -1.29. The minimum Gasteiger partial charge on any atom is -0.396 e. The van der Waals surface area contributed by atoms with E-state index in [2.05, 4.69) is 9.88 Å². The van der Waals surface area contributed by atoms with Gasteiger partial charge in [-0.25, -0.2) is 4.98 Å². The molecule has 0 aliphatic heterocycles. The molecule has 0 spiro atoms. The fourth-order valence-electron chi connectivity index (χ4n) is 2.18. The normalized spacial score (nSPS) is 15.6. The Bertz CT molecular complexity index is 377. The first-order chi connectivity index (χ1) is 8.22. The average Bonchev–Trinajstić information content (AvgIpc) is 2.25. The van der Waals surface area contributed by atoms with E-state index in [0.717, 1.165) is 30.2 Å². The minimum atomic E-state index is 0.217. The van der Waals surface area contributed by atoms with Crippen LogP contribution in [0.15, 0.2) is 12.1 Å². The zero-order valence-corrected chi connectivity index (χ0v) is 10.4. The number of nitrogens with zero attached hydrogens (tertiary/aromatic N) is 2. The van der Waals surface area contributed by atoms with Crippen LogP contribution in [0.1, 0.15) is 31.4 Å². The van der Waals surface area contributed by atoms with E-state index in [9.17, 15) is 0 Å². The van der Waals surface area contributed by atoms with Crippen molar-refractivity contribution >= 4 is 11.5 Å². The molecule has 1 aromatic heterocycles. The summed E-state index contributed by atoms with van der Waals surface area (Å²) in [7, 11) is 0. The Morgan fingerprint density at radius 3 is 2.82 bits per heavy atom. The fraction of sp³-hybridized carbons (Fsp3) is 0.615. The second-order valence-corrected chi connectivity index (χ2v) is 4.72. The lowest BCUT2D eigenvalue weighted by molar-refractivity contribution is 0.282. The molecule has 0 radical (unpaired) electrons. The molecule has 1 fully saturated rings. The number of aliphatic hydroxyl groups excluding tert-OH is 1. The van der Waals surface area contributed by atoms with Crippen LogP contribution in [-0.2, 0) is 0 Å². The quantitative estimate of drug-likeness (QED) is 0.815. The third-order valence-electron chi connectivity index (χ3n) is 3.39. The number of nitrogen functional groups attached to an aromatic ring is 1. The minimum absolute atomic E-state index is 0.217. The first-order valence-electron chi connectivity index (χ1n) is 6.33. The Labute approximate surface area is 102 Å². The largest absolute Gasteiger partial charge is 0.396 e. The molecule has 3 N–H and O–H groups in total. The fourth-order valence-corrected chi connectivity index (χ4v) is 2.18. The molecule has 94 valence electrons. The lowest BCUT2D eigenvalue weighted by Crippen LogP contribution is -2.42. The molecule has 1 aliphatic rings. The van der Waals surface area contributed by atoms with Gasteiger partial charge in [-0.15, -0.1) is 0 Å². The molecule has 1 aliphatic carbocycles. The molecule has 1 heterocycles. The molecule has 0 unspecified atom stereocenters. The molecular weight excluding hydrogens is 214 g/mol. The van der Waals surface area contributed by atoms with Crippen molar-refractivity contribution < 1.29 is 5.11 Å².